The SMILES string of the molecule is C[NH+]1CC(C2OCCn3nc4ccccc4c32)C1. The Morgan fingerprint density at radius 1 is 1.33 bits per heavy atom. The zero-order valence-corrected chi connectivity index (χ0v) is 10.6. The number of ether oxygens (including phenoxy) is 1. The molecule has 4 nitrogen and oxygen atoms in total. The van der Waals surface area contributed by atoms with E-state index >= 15 is 0 Å². The van der Waals surface area contributed by atoms with Crippen molar-refractivity contribution in [3.05, 3.63) is 30.0 Å². The molecule has 2 aliphatic heterocycles. The van der Waals surface area contributed by atoms with E-state index in [9.17, 15) is 0 Å². The Kier molecular flexibility index (Phi) is 2.22. The highest BCUT2D eigenvalue weighted by Gasteiger charge is 2.40. The van der Waals surface area contributed by atoms with Crippen LogP contribution >= 0.6 is 0 Å². The van der Waals surface area contributed by atoms with Crippen molar-refractivity contribution in [2.45, 2.75) is 12.6 Å². The van der Waals surface area contributed by atoms with Crippen LogP contribution in [0.1, 0.15) is 11.8 Å². The van der Waals surface area contributed by atoms with Crippen molar-refractivity contribution in [1.82, 2.24) is 9.78 Å². The molecule has 0 amide bonds. The van der Waals surface area contributed by atoms with Gasteiger partial charge in [-0.25, -0.2) is 0 Å². The van der Waals surface area contributed by atoms with Gasteiger partial charge in [-0.15, -0.1) is 0 Å². The molecule has 18 heavy (non-hydrogen) atoms. The van der Waals surface area contributed by atoms with Crippen LogP contribution in [0.25, 0.3) is 10.9 Å². The van der Waals surface area contributed by atoms with E-state index in [1.54, 1.807) is 4.90 Å². The minimum Gasteiger partial charge on any atom is -0.369 e. The van der Waals surface area contributed by atoms with E-state index in [4.69, 9.17) is 9.84 Å². The van der Waals surface area contributed by atoms with Crippen LogP contribution in [-0.4, -0.2) is 36.5 Å². The first-order valence-electron chi connectivity index (χ1n) is 6.71. The molecule has 0 aliphatic carbocycles. The molecule has 2 aromatic rings. The maximum Gasteiger partial charge on any atom is 0.113 e. The second kappa shape index (κ2) is 3.80. The Labute approximate surface area is 106 Å². The highest BCUT2D eigenvalue weighted by molar-refractivity contribution is 5.82. The van der Waals surface area contributed by atoms with Crippen molar-refractivity contribution in [1.29, 1.82) is 0 Å². The molecule has 1 atom stereocenters. The molecule has 0 bridgehead atoms. The number of rotatable bonds is 1. The standard InChI is InChI=1S/C14H17N3O/c1-16-8-10(9-16)14-13-11-4-2-3-5-12(11)15-17(13)6-7-18-14/h2-5,10,14H,6-9H2,1H3/p+1. The van der Waals surface area contributed by atoms with Gasteiger partial charge in [-0.3, -0.25) is 4.68 Å². The molecular weight excluding hydrogens is 226 g/mol. The smallest absolute Gasteiger partial charge is 0.113 e. The summed E-state index contributed by atoms with van der Waals surface area (Å²) in [6.45, 7) is 4.10. The molecule has 0 spiro atoms. The number of fused-ring (bicyclic) bond motifs is 3. The first kappa shape index (κ1) is 10.5. The lowest BCUT2D eigenvalue weighted by Gasteiger charge is -2.39. The number of nitrogens with zero attached hydrogens (tertiary/aromatic N) is 2. The fourth-order valence-corrected chi connectivity index (χ4v) is 3.32. The molecule has 1 unspecified atom stereocenters. The first-order valence-corrected chi connectivity index (χ1v) is 6.71. The Morgan fingerprint density at radius 2 is 2.17 bits per heavy atom. The van der Waals surface area contributed by atoms with Crippen LogP contribution in [-0.2, 0) is 11.3 Å². The molecule has 4 heteroatoms. The monoisotopic (exact) mass is 244 g/mol. The van der Waals surface area contributed by atoms with Crippen molar-refractivity contribution in [3.8, 4) is 0 Å². The van der Waals surface area contributed by atoms with Gasteiger partial charge in [0.1, 0.15) is 6.10 Å². The van der Waals surface area contributed by atoms with E-state index in [0.29, 0.717) is 5.92 Å². The van der Waals surface area contributed by atoms with Crippen LogP contribution < -0.4 is 4.90 Å². The topological polar surface area (TPSA) is 31.5 Å². The number of hydrogen-bond acceptors (Lipinski definition) is 2. The molecule has 1 saturated heterocycles. The normalized spacial score (nSPS) is 31.1. The summed E-state index contributed by atoms with van der Waals surface area (Å²) in [5.74, 6) is 0.657. The lowest BCUT2D eigenvalue weighted by atomic mass is 9.90. The van der Waals surface area contributed by atoms with Gasteiger partial charge in [0.05, 0.1) is 50.4 Å². The van der Waals surface area contributed by atoms with E-state index in [2.05, 4.69) is 36.0 Å². The van der Waals surface area contributed by atoms with Gasteiger partial charge < -0.3 is 9.64 Å². The van der Waals surface area contributed by atoms with Gasteiger partial charge >= 0.3 is 0 Å². The van der Waals surface area contributed by atoms with Crippen molar-refractivity contribution in [3.63, 3.8) is 0 Å². The lowest BCUT2D eigenvalue weighted by Crippen LogP contribution is -3.17. The Hall–Kier alpha value is -1.39. The largest absolute Gasteiger partial charge is 0.369 e. The summed E-state index contributed by atoms with van der Waals surface area (Å²) in [6.07, 6.45) is 0.245. The molecule has 1 aromatic heterocycles. The predicted octanol–water partition coefficient (Wildman–Crippen LogP) is 0.252. The average Bonchev–Trinajstić information content (AvgIpc) is 2.73. The highest BCUT2D eigenvalue weighted by atomic mass is 16.5. The Balaban J connectivity index is 1.82. The minimum absolute atomic E-state index is 0.245. The van der Waals surface area contributed by atoms with Gasteiger partial charge in [0, 0.05) is 5.39 Å². The second-order valence-corrected chi connectivity index (χ2v) is 5.54. The summed E-state index contributed by atoms with van der Waals surface area (Å²) >= 11 is 0. The predicted molar refractivity (Wildman–Crippen MR) is 68.5 cm³/mol. The summed E-state index contributed by atoms with van der Waals surface area (Å²) in [4.78, 5) is 1.60. The fourth-order valence-electron chi connectivity index (χ4n) is 3.32. The van der Waals surface area contributed by atoms with Crippen molar-refractivity contribution >= 4 is 10.9 Å². The maximum atomic E-state index is 6.05. The van der Waals surface area contributed by atoms with Gasteiger partial charge in [0.15, 0.2) is 0 Å². The van der Waals surface area contributed by atoms with Crippen LogP contribution in [0.4, 0.5) is 0 Å². The lowest BCUT2D eigenvalue weighted by molar-refractivity contribution is -0.933. The van der Waals surface area contributed by atoms with E-state index in [-0.39, 0.29) is 6.10 Å². The summed E-state index contributed by atoms with van der Waals surface area (Å²) in [7, 11) is 2.24. The van der Waals surface area contributed by atoms with E-state index in [1.165, 1.54) is 24.2 Å². The average molecular weight is 244 g/mol. The number of nitrogens with one attached hydrogen (secondary N) is 1. The van der Waals surface area contributed by atoms with Crippen LogP contribution in [0.15, 0.2) is 24.3 Å². The van der Waals surface area contributed by atoms with Gasteiger partial charge in [0.25, 0.3) is 0 Å². The molecule has 4 rings (SSSR count). The van der Waals surface area contributed by atoms with Crippen molar-refractivity contribution < 1.29 is 9.64 Å². The van der Waals surface area contributed by atoms with Crippen LogP contribution in [0.5, 0.6) is 0 Å². The molecule has 2 aliphatic rings. The summed E-state index contributed by atoms with van der Waals surface area (Å²) in [5, 5.41) is 5.96. The Morgan fingerprint density at radius 3 is 3.00 bits per heavy atom. The molecule has 1 N–H and O–H groups in total. The zero-order chi connectivity index (χ0) is 12.1. The fraction of sp³-hybridized carbons (Fsp3) is 0.500. The first-order chi connectivity index (χ1) is 8.83. The molecule has 0 radical (unpaired) electrons. The van der Waals surface area contributed by atoms with E-state index in [1.807, 2.05) is 0 Å². The Bertz CT molecular complexity index is 586. The highest BCUT2D eigenvalue weighted by Crippen LogP contribution is 2.35. The number of aromatic nitrogens is 2. The molecule has 3 heterocycles. The van der Waals surface area contributed by atoms with Crippen molar-refractivity contribution in [2.75, 3.05) is 26.7 Å². The second-order valence-electron chi connectivity index (χ2n) is 5.54. The molecule has 94 valence electrons. The number of benzene rings is 1. The quantitative estimate of drug-likeness (QED) is 0.780. The van der Waals surface area contributed by atoms with Gasteiger partial charge in [0.2, 0.25) is 0 Å². The van der Waals surface area contributed by atoms with Gasteiger partial charge in [-0.1, -0.05) is 18.2 Å². The molecule has 1 aromatic carbocycles. The minimum atomic E-state index is 0.245. The number of hydrogen-bond donors (Lipinski definition) is 1. The summed E-state index contributed by atoms with van der Waals surface area (Å²) in [5.41, 5.74) is 2.40. The van der Waals surface area contributed by atoms with Crippen LogP contribution in [0, 0.1) is 5.92 Å². The summed E-state index contributed by atoms with van der Waals surface area (Å²) < 4.78 is 8.21. The number of likely N-dealkylation sites (tertiary alicyclic amines) is 1. The molecule has 0 saturated carbocycles. The third-order valence-electron chi connectivity index (χ3n) is 4.21. The summed E-state index contributed by atoms with van der Waals surface area (Å²) in [6, 6.07) is 8.41. The third-order valence-corrected chi connectivity index (χ3v) is 4.21. The van der Waals surface area contributed by atoms with Crippen LogP contribution in [0.3, 0.4) is 0 Å². The van der Waals surface area contributed by atoms with Gasteiger partial charge in [-0.2, -0.15) is 5.10 Å². The number of quaternary nitrogens is 1. The maximum absolute atomic E-state index is 6.05. The third kappa shape index (κ3) is 1.42. The molecular formula is C14H18N3O+. The van der Waals surface area contributed by atoms with E-state index in [0.717, 1.165) is 18.7 Å². The molecule has 1 fully saturated rings. The van der Waals surface area contributed by atoms with Crippen LogP contribution in [0.2, 0.25) is 0 Å². The van der Waals surface area contributed by atoms with Gasteiger partial charge in [-0.05, 0) is 6.07 Å². The van der Waals surface area contributed by atoms with Crippen molar-refractivity contribution in [2.24, 2.45) is 5.92 Å². The zero-order valence-electron chi connectivity index (χ0n) is 10.6. The van der Waals surface area contributed by atoms with E-state index < -0.39 is 0 Å².